The van der Waals surface area contributed by atoms with Crippen LogP contribution in [0.2, 0.25) is 0 Å². The molecular formula is C28H46N4O6. The van der Waals surface area contributed by atoms with Gasteiger partial charge in [0.15, 0.2) is 0 Å². The Morgan fingerprint density at radius 2 is 1.66 bits per heavy atom. The van der Waals surface area contributed by atoms with Gasteiger partial charge in [-0.05, 0) is 73.8 Å². The number of carbonyl (C=O) groups excluding carboxylic acids is 4. The van der Waals surface area contributed by atoms with Crippen molar-refractivity contribution in [3.05, 3.63) is 29.3 Å². The van der Waals surface area contributed by atoms with E-state index in [4.69, 9.17) is 10.5 Å². The molecule has 10 nitrogen and oxygen atoms in total. The molecule has 0 radical (unpaired) electrons. The highest BCUT2D eigenvalue weighted by Crippen LogP contribution is 2.36. The van der Waals surface area contributed by atoms with Crippen LogP contribution in [0.25, 0.3) is 0 Å². The molecule has 3 atom stereocenters. The summed E-state index contributed by atoms with van der Waals surface area (Å²) >= 11 is 0. The average Bonchev–Trinajstić information content (AvgIpc) is 2.74. The van der Waals surface area contributed by atoms with Crippen LogP contribution >= 0.6 is 0 Å². The molecule has 0 saturated heterocycles. The Hall–Kier alpha value is -3.30. The minimum atomic E-state index is -1.22. The number of primary amides is 1. The molecule has 4 amide bonds. The second kappa shape index (κ2) is 13.5. The fourth-order valence-corrected chi connectivity index (χ4v) is 4.13. The molecule has 0 spiro atoms. The van der Waals surface area contributed by atoms with Crippen molar-refractivity contribution in [3.63, 3.8) is 0 Å². The second-order valence-corrected chi connectivity index (χ2v) is 11.7. The Bertz CT molecular complexity index is 996. The molecule has 38 heavy (non-hydrogen) atoms. The van der Waals surface area contributed by atoms with E-state index >= 15 is 0 Å². The van der Waals surface area contributed by atoms with E-state index in [9.17, 15) is 24.3 Å². The Morgan fingerprint density at radius 3 is 2.16 bits per heavy atom. The molecule has 0 aliphatic rings. The lowest BCUT2D eigenvalue weighted by Gasteiger charge is -2.43. The molecule has 3 unspecified atom stereocenters. The third-order valence-electron chi connectivity index (χ3n) is 5.81. The molecule has 1 aromatic rings. The number of rotatable bonds is 11. The van der Waals surface area contributed by atoms with Crippen molar-refractivity contribution in [3.8, 4) is 5.75 Å². The van der Waals surface area contributed by atoms with Crippen LogP contribution in [0.1, 0.15) is 98.2 Å². The van der Waals surface area contributed by atoms with E-state index in [-0.39, 0.29) is 30.2 Å². The fraction of sp³-hybridized carbons (Fsp3) is 0.643. The number of nitrogens with two attached hydrogens (primary N) is 1. The van der Waals surface area contributed by atoms with Crippen LogP contribution in [-0.4, -0.2) is 57.0 Å². The van der Waals surface area contributed by atoms with Gasteiger partial charge in [0, 0.05) is 23.6 Å². The number of hydrogen-bond donors (Lipinski definition) is 4. The Kier molecular flexibility index (Phi) is 11.6. The maximum atomic E-state index is 14.2. The molecule has 10 heteroatoms. The number of nitrogens with zero attached hydrogens (tertiary/aromatic N) is 1. The molecule has 0 heterocycles. The molecule has 1 aromatic carbocycles. The summed E-state index contributed by atoms with van der Waals surface area (Å²) in [6, 6.07) is 2.39. The monoisotopic (exact) mass is 534 g/mol. The number of phenolic OH excluding ortho intramolecular Hbond substituents is 1. The van der Waals surface area contributed by atoms with Crippen LogP contribution in [0.3, 0.4) is 0 Å². The number of aryl methyl sites for hydroxylation is 1. The van der Waals surface area contributed by atoms with E-state index in [1.165, 1.54) is 4.90 Å². The number of aromatic hydroxyl groups is 1. The highest BCUT2D eigenvalue weighted by molar-refractivity contribution is 5.93. The first-order valence-electron chi connectivity index (χ1n) is 13.1. The van der Waals surface area contributed by atoms with Crippen molar-refractivity contribution in [1.82, 2.24) is 15.5 Å². The van der Waals surface area contributed by atoms with E-state index in [1.807, 2.05) is 13.8 Å². The van der Waals surface area contributed by atoms with Gasteiger partial charge >= 0.3 is 6.09 Å². The van der Waals surface area contributed by atoms with Gasteiger partial charge in [0.1, 0.15) is 23.4 Å². The van der Waals surface area contributed by atoms with Gasteiger partial charge in [-0.3, -0.25) is 14.4 Å². The number of nitrogens with one attached hydrogen (secondary N) is 2. The zero-order valence-electron chi connectivity index (χ0n) is 24.3. The standard InChI is InChI=1S/C28H46N4O6/c1-10-12-18(3)30-24(35)22(19-14-11-13-17(2)23(19)34)32(27(4,5)6)25(36)20(15-16-21(29)33)31-26(37)38-28(7,8)9/h11,13-14,18,20,22,34H,10,12,15-16H2,1-9H3,(H2,29,33)(H,30,35)(H,31,37). The lowest BCUT2D eigenvalue weighted by molar-refractivity contribution is -0.149. The molecule has 0 aliphatic heterocycles. The molecule has 0 aliphatic carbocycles. The summed E-state index contributed by atoms with van der Waals surface area (Å²) in [5, 5.41) is 16.5. The molecule has 0 fully saturated rings. The van der Waals surface area contributed by atoms with Crippen LogP contribution in [0.15, 0.2) is 18.2 Å². The lowest BCUT2D eigenvalue weighted by atomic mass is 9.93. The van der Waals surface area contributed by atoms with Crippen molar-refractivity contribution < 1.29 is 29.0 Å². The Morgan fingerprint density at radius 1 is 1.05 bits per heavy atom. The summed E-state index contributed by atoms with van der Waals surface area (Å²) in [4.78, 5) is 53.5. The van der Waals surface area contributed by atoms with Gasteiger partial charge < -0.3 is 31.1 Å². The van der Waals surface area contributed by atoms with E-state index in [1.54, 1.807) is 66.7 Å². The molecular weight excluding hydrogens is 488 g/mol. The van der Waals surface area contributed by atoms with Gasteiger partial charge in [-0.1, -0.05) is 31.5 Å². The van der Waals surface area contributed by atoms with Gasteiger partial charge in [0.2, 0.25) is 17.7 Å². The zero-order chi connectivity index (χ0) is 29.4. The number of carbonyl (C=O) groups is 4. The molecule has 5 N–H and O–H groups in total. The van der Waals surface area contributed by atoms with Gasteiger partial charge in [-0.25, -0.2) is 4.79 Å². The van der Waals surface area contributed by atoms with E-state index in [0.29, 0.717) is 5.56 Å². The summed E-state index contributed by atoms with van der Waals surface area (Å²) < 4.78 is 5.34. The molecule has 0 saturated carbocycles. The average molecular weight is 535 g/mol. The van der Waals surface area contributed by atoms with Crippen LogP contribution in [-0.2, 0) is 19.1 Å². The predicted molar refractivity (Wildman–Crippen MR) is 146 cm³/mol. The summed E-state index contributed by atoms with van der Waals surface area (Å²) in [6.07, 6.45) is 0.456. The number of para-hydroxylation sites is 1. The third kappa shape index (κ3) is 9.87. The SMILES string of the molecule is CCCC(C)NC(=O)C(c1cccc(C)c1O)N(C(=O)C(CCC(N)=O)NC(=O)OC(C)(C)C)C(C)(C)C. The summed E-state index contributed by atoms with van der Waals surface area (Å²) in [6.45, 7) is 15.9. The topological polar surface area (TPSA) is 151 Å². The normalized spacial score (nSPS) is 14.1. The van der Waals surface area contributed by atoms with E-state index in [2.05, 4.69) is 10.6 Å². The fourth-order valence-electron chi connectivity index (χ4n) is 4.13. The first-order valence-corrected chi connectivity index (χ1v) is 13.1. The highest BCUT2D eigenvalue weighted by atomic mass is 16.6. The third-order valence-corrected chi connectivity index (χ3v) is 5.81. The molecule has 1 rings (SSSR count). The van der Waals surface area contributed by atoms with Crippen LogP contribution < -0.4 is 16.4 Å². The van der Waals surface area contributed by atoms with Crippen LogP contribution in [0.4, 0.5) is 4.79 Å². The minimum Gasteiger partial charge on any atom is -0.507 e. The summed E-state index contributed by atoms with van der Waals surface area (Å²) in [5.74, 6) is -1.84. The van der Waals surface area contributed by atoms with Crippen molar-refractivity contribution in [1.29, 1.82) is 0 Å². The second-order valence-electron chi connectivity index (χ2n) is 11.7. The van der Waals surface area contributed by atoms with Gasteiger partial charge in [-0.2, -0.15) is 0 Å². The van der Waals surface area contributed by atoms with Crippen molar-refractivity contribution in [2.24, 2.45) is 5.73 Å². The number of benzene rings is 1. The Balaban J connectivity index is 3.67. The molecule has 214 valence electrons. The first-order chi connectivity index (χ1) is 17.4. The maximum Gasteiger partial charge on any atom is 0.408 e. The van der Waals surface area contributed by atoms with Gasteiger partial charge in [0.25, 0.3) is 0 Å². The lowest BCUT2D eigenvalue weighted by Crippen LogP contribution is -2.59. The number of amides is 4. The largest absolute Gasteiger partial charge is 0.507 e. The minimum absolute atomic E-state index is 0.0969. The number of ether oxygens (including phenoxy) is 1. The van der Waals surface area contributed by atoms with Crippen molar-refractivity contribution in [2.75, 3.05) is 0 Å². The summed E-state index contributed by atoms with van der Waals surface area (Å²) in [5.41, 5.74) is 4.38. The predicted octanol–water partition coefficient (Wildman–Crippen LogP) is 3.83. The highest BCUT2D eigenvalue weighted by Gasteiger charge is 2.43. The Labute approximate surface area is 226 Å². The first kappa shape index (κ1) is 32.7. The smallest absolute Gasteiger partial charge is 0.408 e. The van der Waals surface area contributed by atoms with Gasteiger partial charge in [-0.15, -0.1) is 0 Å². The molecule has 0 aromatic heterocycles. The number of alkyl carbamates (subject to hydrolysis) is 1. The van der Waals surface area contributed by atoms with Crippen molar-refractivity contribution in [2.45, 2.75) is 117 Å². The number of phenols is 1. The van der Waals surface area contributed by atoms with E-state index < -0.39 is 47.0 Å². The van der Waals surface area contributed by atoms with Crippen LogP contribution in [0, 0.1) is 6.92 Å². The quantitative estimate of drug-likeness (QED) is 0.339. The van der Waals surface area contributed by atoms with Crippen LogP contribution in [0.5, 0.6) is 5.75 Å². The van der Waals surface area contributed by atoms with Gasteiger partial charge in [0.05, 0.1) is 0 Å². The number of hydrogen-bond acceptors (Lipinski definition) is 6. The zero-order valence-corrected chi connectivity index (χ0v) is 24.3. The summed E-state index contributed by atoms with van der Waals surface area (Å²) in [7, 11) is 0. The maximum absolute atomic E-state index is 14.2. The molecule has 0 bridgehead atoms. The van der Waals surface area contributed by atoms with Crippen molar-refractivity contribution >= 4 is 23.8 Å². The van der Waals surface area contributed by atoms with E-state index in [0.717, 1.165) is 12.8 Å².